The lowest BCUT2D eigenvalue weighted by molar-refractivity contribution is -0.384. The van der Waals surface area contributed by atoms with E-state index in [4.69, 9.17) is 11.6 Å². The fourth-order valence-electron chi connectivity index (χ4n) is 1.86. The molecule has 2 unspecified atom stereocenters. The van der Waals surface area contributed by atoms with Gasteiger partial charge in [-0.2, -0.15) is 11.8 Å². The van der Waals surface area contributed by atoms with Crippen molar-refractivity contribution >= 4 is 45.0 Å². The molecule has 0 saturated carbocycles. The Hall–Kier alpha value is -0.260. The minimum atomic E-state index is -0.385. The number of nitro groups is 1. The number of hydrogen-bond donors (Lipinski definition) is 0. The largest absolute Gasteiger partial charge is 0.270 e. The minimum Gasteiger partial charge on any atom is -0.258 e. The van der Waals surface area contributed by atoms with E-state index >= 15 is 0 Å². The number of rotatable bonds is 3. The first-order valence-corrected chi connectivity index (χ1v) is 7.61. The summed E-state index contributed by atoms with van der Waals surface area (Å²) in [4.78, 5) is 10.2. The van der Waals surface area contributed by atoms with E-state index < -0.39 is 0 Å². The molecule has 0 N–H and O–H groups in total. The van der Waals surface area contributed by atoms with Gasteiger partial charge in [0.05, 0.1) is 4.92 Å². The second-order valence-electron chi connectivity index (χ2n) is 4.05. The van der Waals surface area contributed by atoms with Crippen molar-refractivity contribution in [1.82, 2.24) is 0 Å². The van der Waals surface area contributed by atoms with Gasteiger partial charge in [-0.25, -0.2) is 0 Å². The van der Waals surface area contributed by atoms with Gasteiger partial charge in [-0.15, -0.1) is 11.6 Å². The van der Waals surface area contributed by atoms with Gasteiger partial charge in [-0.1, -0.05) is 22.0 Å². The van der Waals surface area contributed by atoms with Crippen LogP contribution in [0, 0.1) is 16.0 Å². The van der Waals surface area contributed by atoms with Crippen molar-refractivity contribution < 1.29 is 4.92 Å². The Bertz CT molecular complexity index is 443. The Labute approximate surface area is 117 Å². The highest BCUT2D eigenvalue weighted by atomic mass is 79.9. The Balaban J connectivity index is 2.14. The molecule has 2 rings (SSSR count). The lowest BCUT2D eigenvalue weighted by Gasteiger charge is -2.13. The van der Waals surface area contributed by atoms with Crippen molar-refractivity contribution in [3.05, 3.63) is 38.3 Å². The van der Waals surface area contributed by atoms with E-state index in [1.165, 1.54) is 0 Å². The fourth-order valence-corrected chi connectivity index (χ4v) is 4.22. The van der Waals surface area contributed by atoms with Crippen LogP contribution in [0.4, 0.5) is 5.69 Å². The standard InChI is InChI=1S/C11H11BrClNO2S/c12-10-4-9(14(15)16)2-1-7(10)3-8-5-17-6-11(8)13/h1-2,4,8,11H,3,5-6H2. The highest BCUT2D eigenvalue weighted by Crippen LogP contribution is 2.33. The van der Waals surface area contributed by atoms with Gasteiger partial charge < -0.3 is 0 Å². The molecule has 1 aliphatic rings. The second-order valence-corrected chi connectivity index (χ2v) is 6.54. The van der Waals surface area contributed by atoms with Crippen molar-refractivity contribution in [3.63, 3.8) is 0 Å². The van der Waals surface area contributed by atoms with Crippen molar-refractivity contribution in [2.24, 2.45) is 5.92 Å². The molecule has 0 amide bonds. The van der Waals surface area contributed by atoms with E-state index in [1.54, 1.807) is 12.1 Å². The van der Waals surface area contributed by atoms with E-state index in [0.29, 0.717) is 5.92 Å². The Morgan fingerprint density at radius 1 is 1.53 bits per heavy atom. The number of benzene rings is 1. The lowest BCUT2D eigenvalue weighted by Crippen LogP contribution is -2.15. The van der Waals surface area contributed by atoms with Crippen LogP contribution in [0.5, 0.6) is 0 Å². The predicted molar refractivity (Wildman–Crippen MR) is 75.0 cm³/mol. The summed E-state index contributed by atoms with van der Waals surface area (Å²) >= 11 is 11.5. The third-order valence-corrected chi connectivity index (χ3v) is 5.54. The summed E-state index contributed by atoms with van der Waals surface area (Å²) in [7, 11) is 0. The summed E-state index contributed by atoms with van der Waals surface area (Å²) in [5.41, 5.74) is 1.21. The van der Waals surface area contributed by atoms with Gasteiger partial charge in [-0.3, -0.25) is 10.1 Å². The van der Waals surface area contributed by atoms with Gasteiger partial charge >= 0.3 is 0 Å². The summed E-state index contributed by atoms with van der Waals surface area (Å²) in [5, 5.41) is 10.8. The van der Waals surface area contributed by atoms with E-state index in [9.17, 15) is 10.1 Å². The smallest absolute Gasteiger partial charge is 0.258 e. The topological polar surface area (TPSA) is 43.1 Å². The van der Waals surface area contributed by atoms with Crippen LogP contribution in [0.15, 0.2) is 22.7 Å². The van der Waals surface area contributed by atoms with Crippen molar-refractivity contribution in [1.29, 1.82) is 0 Å². The van der Waals surface area contributed by atoms with Gasteiger partial charge in [0.15, 0.2) is 0 Å². The molecule has 1 aromatic rings. The van der Waals surface area contributed by atoms with E-state index in [0.717, 1.165) is 28.0 Å². The molecule has 17 heavy (non-hydrogen) atoms. The number of thioether (sulfide) groups is 1. The van der Waals surface area contributed by atoms with Gasteiger partial charge in [0.1, 0.15) is 0 Å². The third kappa shape index (κ3) is 3.14. The SMILES string of the molecule is O=[N+]([O-])c1ccc(CC2CSCC2Cl)c(Br)c1. The molecule has 92 valence electrons. The number of halogens is 2. The maximum atomic E-state index is 10.6. The molecule has 2 atom stereocenters. The van der Waals surface area contributed by atoms with Gasteiger partial charge in [0, 0.05) is 27.7 Å². The van der Waals surface area contributed by atoms with Crippen LogP contribution >= 0.6 is 39.3 Å². The zero-order valence-corrected chi connectivity index (χ0v) is 12.1. The van der Waals surface area contributed by atoms with Crippen LogP contribution < -0.4 is 0 Å². The molecule has 0 spiro atoms. The van der Waals surface area contributed by atoms with E-state index in [1.807, 2.05) is 17.8 Å². The average molecular weight is 337 g/mol. The predicted octanol–water partition coefficient (Wildman–Crippen LogP) is 3.87. The number of non-ortho nitro benzene ring substituents is 1. The van der Waals surface area contributed by atoms with Crippen LogP contribution in [0.1, 0.15) is 5.56 Å². The highest BCUT2D eigenvalue weighted by Gasteiger charge is 2.26. The molecule has 1 saturated heterocycles. The molecule has 1 aromatic carbocycles. The summed E-state index contributed by atoms with van der Waals surface area (Å²) in [5.74, 6) is 2.52. The van der Waals surface area contributed by atoms with Crippen molar-refractivity contribution in [2.75, 3.05) is 11.5 Å². The zero-order valence-electron chi connectivity index (χ0n) is 8.94. The summed E-state index contributed by atoms with van der Waals surface area (Å²) in [6.07, 6.45) is 0.875. The summed E-state index contributed by atoms with van der Waals surface area (Å²) < 4.78 is 0.799. The van der Waals surface area contributed by atoms with Crippen LogP contribution in [-0.2, 0) is 6.42 Å². The number of hydrogen-bond acceptors (Lipinski definition) is 3. The normalized spacial score (nSPS) is 23.9. The molecule has 3 nitrogen and oxygen atoms in total. The molecule has 6 heteroatoms. The van der Waals surface area contributed by atoms with Crippen LogP contribution in [-0.4, -0.2) is 21.8 Å². The number of nitro benzene ring substituents is 1. The first-order chi connectivity index (χ1) is 8.08. The summed E-state index contributed by atoms with van der Waals surface area (Å²) in [6, 6.07) is 4.92. The Morgan fingerprint density at radius 2 is 2.29 bits per heavy atom. The van der Waals surface area contributed by atoms with Gasteiger partial charge in [-0.05, 0) is 23.7 Å². The Morgan fingerprint density at radius 3 is 2.82 bits per heavy atom. The maximum absolute atomic E-state index is 10.6. The monoisotopic (exact) mass is 335 g/mol. The van der Waals surface area contributed by atoms with E-state index in [-0.39, 0.29) is 16.0 Å². The second kappa shape index (κ2) is 5.59. The molecule has 0 aromatic heterocycles. The molecular weight excluding hydrogens is 326 g/mol. The quantitative estimate of drug-likeness (QED) is 0.478. The molecule has 1 fully saturated rings. The van der Waals surface area contributed by atoms with Gasteiger partial charge in [0.2, 0.25) is 0 Å². The lowest BCUT2D eigenvalue weighted by atomic mass is 9.98. The average Bonchev–Trinajstić information content (AvgIpc) is 2.67. The number of nitrogens with zero attached hydrogens (tertiary/aromatic N) is 1. The van der Waals surface area contributed by atoms with Crippen LogP contribution in [0.2, 0.25) is 0 Å². The van der Waals surface area contributed by atoms with Gasteiger partial charge in [0.25, 0.3) is 5.69 Å². The maximum Gasteiger partial charge on any atom is 0.270 e. The molecule has 0 bridgehead atoms. The molecule has 0 aliphatic carbocycles. The summed E-state index contributed by atoms with van der Waals surface area (Å²) in [6.45, 7) is 0. The van der Waals surface area contributed by atoms with Crippen LogP contribution in [0.25, 0.3) is 0 Å². The first kappa shape index (κ1) is 13.2. The highest BCUT2D eigenvalue weighted by molar-refractivity contribution is 9.10. The Kier molecular flexibility index (Phi) is 4.33. The molecule has 1 aliphatic heterocycles. The minimum absolute atomic E-state index is 0.115. The molecule has 0 radical (unpaired) electrons. The number of alkyl halides is 1. The fraction of sp³-hybridized carbons (Fsp3) is 0.455. The molecule has 1 heterocycles. The zero-order chi connectivity index (χ0) is 12.4. The third-order valence-electron chi connectivity index (χ3n) is 2.85. The molecular formula is C11H11BrClNO2S. The van der Waals surface area contributed by atoms with E-state index in [2.05, 4.69) is 15.9 Å². The van der Waals surface area contributed by atoms with Crippen molar-refractivity contribution in [2.45, 2.75) is 11.8 Å². The van der Waals surface area contributed by atoms with Crippen LogP contribution in [0.3, 0.4) is 0 Å². The van der Waals surface area contributed by atoms with Crippen molar-refractivity contribution in [3.8, 4) is 0 Å². The first-order valence-electron chi connectivity index (χ1n) is 5.22.